The fourth-order valence-corrected chi connectivity index (χ4v) is 3.52. The second-order valence-electron chi connectivity index (χ2n) is 6.32. The zero-order valence-electron chi connectivity index (χ0n) is 14.2. The Kier molecular flexibility index (Phi) is 4.65. The summed E-state index contributed by atoms with van der Waals surface area (Å²) in [5.74, 6) is -0.0126. The summed E-state index contributed by atoms with van der Waals surface area (Å²) in [4.78, 5) is 35.7. The molecule has 0 aromatic heterocycles. The summed E-state index contributed by atoms with van der Waals surface area (Å²) >= 11 is 0. The molecule has 128 valence electrons. The van der Waals surface area contributed by atoms with Gasteiger partial charge in [-0.1, -0.05) is 30.3 Å². The van der Waals surface area contributed by atoms with Crippen molar-refractivity contribution in [3.63, 3.8) is 0 Å². The highest BCUT2D eigenvalue weighted by Crippen LogP contribution is 2.39. The molecule has 0 saturated heterocycles. The lowest BCUT2D eigenvalue weighted by Gasteiger charge is -2.39. The van der Waals surface area contributed by atoms with Gasteiger partial charge < -0.3 is 10.2 Å². The minimum absolute atomic E-state index is 0.0126. The summed E-state index contributed by atoms with van der Waals surface area (Å²) in [6.07, 6.45) is 2.18. The molecule has 2 aromatic rings. The van der Waals surface area contributed by atoms with Crippen molar-refractivity contribution in [1.82, 2.24) is 5.32 Å². The van der Waals surface area contributed by atoms with Crippen molar-refractivity contribution < 1.29 is 14.4 Å². The molecule has 2 atom stereocenters. The average molecular weight is 336 g/mol. The predicted octanol–water partition coefficient (Wildman–Crippen LogP) is 3.10. The topological polar surface area (TPSA) is 66.5 Å². The maximum Gasteiger partial charge on any atom is 0.224 e. The van der Waals surface area contributed by atoms with Crippen LogP contribution in [0.4, 0.5) is 5.69 Å². The van der Waals surface area contributed by atoms with Gasteiger partial charge in [0.25, 0.3) is 0 Å². The number of benzene rings is 2. The van der Waals surface area contributed by atoms with Gasteiger partial charge in [-0.2, -0.15) is 0 Å². The second kappa shape index (κ2) is 6.89. The number of carbonyl (C=O) groups is 3. The standard InChI is InChI=1S/C20H20N2O3/c1-13-9-19(21-12-24)18-10-17(7-8-20(18)22(13)14(2)25)16-5-3-15(11-23)4-6-16/h3-8,10-13,19H,9H2,1-2H3,(H,21,24). The number of rotatable bonds is 4. The Morgan fingerprint density at radius 2 is 1.80 bits per heavy atom. The highest BCUT2D eigenvalue weighted by atomic mass is 16.2. The van der Waals surface area contributed by atoms with E-state index in [-0.39, 0.29) is 18.0 Å². The minimum Gasteiger partial charge on any atom is -0.352 e. The van der Waals surface area contributed by atoms with Crippen LogP contribution in [0.25, 0.3) is 11.1 Å². The first-order chi connectivity index (χ1) is 12.0. The van der Waals surface area contributed by atoms with E-state index in [9.17, 15) is 14.4 Å². The monoisotopic (exact) mass is 336 g/mol. The van der Waals surface area contributed by atoms with Crippen molar-refractivity contribution in [2.24, 2.45) is 0 Å². The molecule has 5 nitrogen and oxygen atoms in total. The zero-order chi connectivity index (χ0) is 18.0. The van der Waals surface area contributed by atoms with Crippen LogP contribution >= 0.6 is 0 Å². The van der Waals surface area contributed by atoms with Crippen molar-refractivity contribution >= 4 is 24.3 Å². The number of anilines is 1. The van der Waals surface area contributed by atoms with Crippen LogP contribution in [-0.2, 0) is 9.59 Å². The van der Waals surface area contributed by atoms with Crippen LogP contribution in [0.5, 0.6) is 0 Å². The molecular weight excluding hydrogens is 316 g/mol. The van der Waals surface area contributed by atoms with Crippen LogP contribution in [0.3, 0.4) is 0 Å². The third-order valence-electron chi connectivity index (χ3n) is 4.67. The molecule has 0 spiro atoms. The van der Waals surface area contributed by atoms with E-state index in [0.29, 0.717) is 18.4 Å². The molecule has 0 aliphatic carbocycles. The van der Waals surface area contributed by atoms with Crippen molar-refractivity contribution in [1.29, 1.82) is 0 Å². The van der Waals surface area contributed by atoms with Crippen LogP contribution in [0.1, 0.15) is 42.2 Å². The van der Waals surface area contributed by atoms with Gasteiger partial charge in [-0.05, 0) is 42.2 Å². The van der Waals surface area contributed by atoms with E-state index in [1.54, 1.807) is 24.0 Å². The van der Waals surface area contributed by atoms with Crippen molar-refractivity contribution in [2.75, 3.05) is 4.90 Å². The van der Waals surface area contributed by atoms with Gasteiger partial charge >= 0.3 is 0 Å². The summed E-state index contributed by atoms with van der Waals surface area (Å²) in [6.45, 7) is 3.54. The molecule has 1 aliphatic rings. The number of hydrogen-bond donors (Lipinski definition) is 1. The molecule has 0 bridgehead atoms. The Morgan fingerprint density at radius 1 is 1.12 bits per heavy atom. The van der Waals surface area contributed by atoms with Gasteiger partial charge in [0.1, 0.15) is 6.29 Å². The van der Waals surface area contributed by atoms with Gasteiger partial charge in [0.05, 0.1) is 6.04 Å². The van der Waals surface area contributed by atoms with Crippen LogP contribution in [0.15, 0.2) is 42.5 Å². The van der Waals surface area contributed by atoms with E-state index in [0.717, 1.165) is 28.7 Å². The number of fused-ring (bicyclic) bond motifs is 1. The van der Waals surface area contributed by atoms with Crippen molar-refractivity contribution in [2.45, 2.75) is 32.4 Å². The normalized spacial score (nSPS) is 19.0. The van der Waals surface area contributed by atoms with E-state index in [1.807, 2.05) is 37.3 Å². The smallest absolute Gasteiger partial charge is 0.224 e. The SMILES string of the molecule is CC(=O)N1c2ccc(-c3ccc(C=O)cc3)cc2C(NC=O)CC1C. The van der Waals surface area contributed by atoms with E-state index in [1.165, 1.54) is 0 Å². The Labute approximate surface area is 146 Å². The highest BCUT2D eigenvalue weighted by Gasteiger charge is 2.32. The van der Waals surface area contributed by atoms with E-state index >= 15 is 0 Å². The molecule has 1 heterocycles. The molecule has 1 N–H and O–H groups in total. The Hall–Kier alpha value is -2.95. The number of carbonyl (C=O) groups excluding carboxylic acids is 3. The van der Waals surface area contributed by atoms with E-state index in [2.05, 4.69) is 5.32 Å². The molecule has 3 rings (SSSR count). The Balaban J connectivity index is 2.08. The van der Waals surface area contributed by atoms with Gasteiger partial charge in [-0.15, -0.1) is 0 Å². The van der Waals surface area contributed by atoms with E-state index < -0.39 is 0 Å². The van der Waals surface area contributed by atoms with Gasteiger partial charge in [0.2, 0.25) is 12.3 Å². The average Bonchev–Trinajstić information content (AvgIpc) is 2.61. The lowest BCUT2D eigenvalue weighted by atomic mass is 9.89. The summed E-state index contributed by atoms with van der Waals surface area (Å²) in [5.41, 5.74) is 4.34. The van der Waals surface area contributed by atoms with Gasteiger partial charge in [-0.3, -0.25) is 14.4 Å². The summed E-state index contributed by atoms with van der Waals surface area (Å²) < 4.78 is 0. The first kappa shape index (κ1) is 16.9. The van der Waals surface area contributed by atoms with Crippen molar-refractivity contribution in [3.05, 3.63) is 53.6 Å². The minimum atomic E-state index is -0.132. The quantitative estimate of drug-likeness (QED) is 0.873. The summed E-state index contributed by atoms with van der Waals surface area (Å²) in [5, 5.41) is 2.86. The van der Waals surface area contributed by atoms with Crippen molar-refractivity contribution in [3.8, 4) is 11.1 Å². The second-order valence-corrected chi connectivity index (χ2v) is 6.32. The molecule has 2 unspecified atom stereocenters. The van der Waals surface area contributed by atoms with Gasteiger partial charge in [0, 0.05) is 24.2 Å². The summed E-state index contributed by atoms with van der Waals surface area (Å²) in [6, 6.07) is 13.1. The predicted molar refractivity (Wildman–Crippen MR) is 96.4 cm³/mol. The van der Waals surface area contributed by atoms with Crippen LogP contribution in [-0.4, -0.2) is 24.6 Å². The Morgan fingerprint density at radius 3 is 2.40 bits per heavy atom. The third kappa shape index (κ3) is 3.18. The lowest BCUT2D eigenvalue weighted by Crippen LogP contribution is -2.44. The third-order valence-corrected chi connectivity index (χ3v) is 4.67. The molecule has 5 heteroatoms. The van der Waals surface area contributed by atoms with Gasteiger partial charge in [0.15, 0.2) is 0 Å². The number of nitrogens with one attached hydrogen (secondary N) is 1. The zero-order valence-corrected chi connectivity index (χ0v) is 14.2. The highest BCUT2D eigenvalue weighted by molar-refractivity contribution is 5.94. The van der Waals surface area contributed by atoms with Gasteiger partial charge in [-0.25, -0.2) is 0 Å². The fourth-order valence-electron chi connectivity index (χ4n) is 3.52. The molecule has 2 aromatic carbocycles. The molecule has 0 fully saturated rings. The first-order valence-electron chi connectivity index (χ1n) is 8.24. The molecule has 25 heavy (non-hydrogen) atoms. The number of aldehydes is 1. The molecule has 0 saturated carbocycles. The summed E-state index contributed by atoms with van der Waals surface area (Å²) in [7, 11) is 0. The molecule has 2 amide bonds. The lowest BCUT2D eigenvalue weighted by molar-refractivity contribution is -0.117. The van der Waals surface area contributed by atoms with Crippen LogP contribution in [0, 0.1) is 0 Å². The number of hydrogen-bond acceptors (Lipinski definition) is 3. The molecule has 0 radical (unpaired) electrons. The largest absolute Gasteiger partial charge is 0.352 e. The fraction of sp³-hybridized carbons (Fsp3) is 0.250. The number of nitrogens with zero attached hydrogens (tertiary/aromatic N) is 1. The van der Waals surface area contributed by atoms with E-state index in [4.69, 9.17) is 0 Å². The van der Waals surface area contributed by atoms with Crippen LogP contribution < -0.4 is 10.2 Å². The molecular formula is C20H20N2O3. The van der Waals surface area contributed by atoms with Crippen LogP contribution in [0.2, 0.25) is 0 Å². The first-order valence-corrected chi connectivity index (χ1v) is 8.24. The molecule has 1 aliphatic heterocycles. The maximum atomic E-state index is 12.1. The maximum absolute atomic E-state index is 12.1. The Bertz CT molecular complexity index is 814. The number of amides is 2.